The fourth-order valence-electron chi connectivity index (χ4n) is 1.51. The second kappa shape index (κ2) is 5.50. The van der Waals surface area contributed by atoms with Gasteiger partial charge in [0.2, 0.25) is 0 Å². The lowest BCUT2D eigenvalue weighted by molar-refractivity contribution is 0.611. The zero-order valence-electron chi connectivity index (χ0n) is 9.16. The molecule has 17 heavy (non-hydrogen) atoms. The summed E-state index contributed by atoms with van der Waals surface area (Å²) in [6.07, 6.45) is 2.78. The smallest absolute Gasteiger partial charge is 0.141 e. The van der Waals surface area contributed by atoms with E-state index >= 15 is 0 Å². The molecule has 0 aliphatic carbocycles. The predicted molar refractivity (Wildman–Crippen MR) is 61.1 cm³/mol. The molecule has 0 saturated carbocycles. The first-order valence-corrected chi connectivity index (χ1v) is 5.28. The topological polar surface area (TPSA) is 24.9 Å². The highest BCUT2D eigenvalue weighted by atomic mass is 19.1. The zero-order valence-corrected chi connectivity index (χ0v) is 9.16. The third-order valence-electron chi connectivity index (χ3n) is 2.33. The monoisotopic (exact) mass is 234 g/mol. The van der Waals surface area contributed by atoms with Crippen molar-refractivity contribution in [1.29, 1.82) is 0 Å². The summed E-state index contributed by atoms with van der Waals surface area (Å²) in [6, 6.07) is 7.70. The van der Waals surface area contributed by atoms with E-state index in [4.69, 9.17) is 0 Å². The number of pyridine rings is 1. The Balaban J connectivity index is 1.85. The highest BCUT2D eigenvalue weighted by Crippen LogP contribution is 2.04. The van der Waals surface area contributed by atoms with Crippen molar-refractivity contribution in [1.82, 2.24) is 10.3 Å². The van der Waals surface area contributed by atoms with Crippen molar-refractivity contribution in [2.45, 2.75) is 13.1 Å². The Labute approximate surface area is 98.3 Å². The summed E-state index contributed by atoms with van der Waals surface area (Å²) < 4.78 is 25.5. The molecule has 2 aromatic rings. The Morgan fingerprint density at radius 3 is 2.29 bits per heavy atom. The summed E-state index contributed by atoms with van der Waals surface area (Å²) in [5.74, 6) is -0.589. The van der Waals surface area contributed by atoms with Crippen LogP contribution in [0.4, 0.5) is 8.78 Å². The standard InChI is InChI=1S/C13H12F2N2/c14-12-3-1-10(2-4-12)6-16-7-11-5-13(15)9-17-8-11/h1-5,8-9,16H,6-7H2. The molecule has 0 amide bonds. The molecule has 0 fully saturated rings. The van der Waals surface area contributed by atoms with Crippen molar-refractivity contribution < 1.29 is 8.78 Å². The number of nitrogens with one attached hydrogen (secondary N) is 1. The predicted octanol–water partition coefficient (Wildman–Crippen LogP) is 2.65. The number of aromatic nitrogens is 1. The third kappa shape index (κ3) is 3.60. The Hall–Kier alpha value is -1.81. The summed E-state index contributed by atoms with van der Waals surface area (Å²) in [5, 5.41) is 3.14. The van der Waals surface area contributed by atoms with Gasteiger partial charge in [-0.05, 0) is 29.3 Å². The van der Waals surface area contributed by atoms with E-state index in [1.807, 2.05) is 0 Å². The summed E-state index contributed by atoms with van der Waals surface area (Å²) in [4.78, 5) is 3.76. The molecule has 1 aromatic carbocycles. The van der Waals surface area contributed by atoms with Gasteiger partial charge >= 0.3 is 0 Å². The van der Waals surface area contributed by atoms with Crippen LogP contribution in [0.15, 0.2) is 42.7 Å². The first-order chi connectivity index (χ1) is 8.24. The maximum Gasteiger partial charge on any atom is 0.141 e. The summed E-state index contributed by atoms with van der Waals surface area (Å²) >= 11 is 0. The number of hydrogen-bond acceptors (Lipinski definition) is 2. The minimum atomic E-state index is -0.342. The van der Waals surface area contributed by atoms with Crippen molar-refractivity contribution in [2.24, 2.45) is 0 Å². The number of rotatable bonds is 4. The fraction of sp³-hybridized carbons (Fsp3) is 0.154. The maximum absolute atomic E-state index is 12.8. The van der Waals surface area contributed by atoms with Crippen molar-refractivity contribution in [2.75, 3.05) is 0 Å². The molecule has 88 valence electrons. The van der Waals surface area contributed by atoms with Crippen LogP contribution in [0.1, 0.15) is 11.1 Å². The lowest BCUT2D eigenvalue weighted by Crippen LogP contribution is -2.12. The average Bonchev–Trinajstić information content (AvgIpc) is 2.32. The molecule has 0 spiro atoms. The van der Waals surface area contributed by atoms with Gasteiger partial charge in [-0.15, -0.1) is 0 Å². The Morgan fingerprint density at radius 1 is 0.882 bits per heavy atom. The van der Waals surface area contributed by atoms with Crippen LogP contribution in [0.2, 0.25) is 0 Å². The molecule has 0 unspecified atom stereocenters. The number of benzene rings is 1. The molecule has 2 rings (SSSR count). The molecule has 0 aliphatic rings. The van der Waals surface area contributed by atoms with E-state index in [1.165, 1.54) is 24.4 Å². The summed E-state index contributed by atoms with van der Waals surface area (Å²) in [6.45, 7) is 1.14. The minimum absolute atomic E-state index is 0.247. The Bertz CT molecular complexity index is 483. The van der Waals surface area contributed by atoms with Crippen LogP contribution in [0.25, 0.3) is 0 Å². The first-order valence-electron chi connectivity index (χ1n) is 5.28. The van der Waals surface area contributed by atoms with E-state index in [0.29, 0.717) is 13.1 Å². The van der Waals surface area contributed by atoms with Gasteiger partial charge in [-0.25, -0.2) is 8.78 Å². The molecular formula is C13H12F2N2. The molecule has 0 saturated heterocycles. The van der Waals surface area contributed by atoms with Crippen LogP contribution in [0.3, 0.4) is 0 Å². The molecule has 1 aromatic heterocycles. The van der Waals surface area contributed by atoms with Crippen LogP contribution in [-0.4, -0.2) is 4.98 Å². The van der Waals surface area contributed by atoms with E-state index < -0.39 is 0 Å². The molecule has 4 heteroatoms. The molecule has 2 nitrogen and oxygen atoms in total. The van der Waals surface area contributed by atoms with Crippen molar-refractivity contribution in [3.63, 3.8) is 0 Å². The fourth-order valence-corrected chi connectivity index (χ4v) is 1.51. The molecule has 0 atom stereocenters. The van der Waals surface area contributed by atoms with E-state index in [-0.39, 0.29) is 11.6 Å². The van der Waals surface area contributed by atoms with Crippen LogP contribution < -0.4 is 5.32 Å². The van der Waals surface area contributed by atoms with E-state index in [0.717, 1.165) is 11.1 Å². The van der Waals surface area contributed by atoms with Gasteiger partial charge in [-0.2, -0.15) is 0 Å². The van der Waals surface area contributed by atoms with Crippen molar-refractivity contribution in [3.05, 3.63) is 65.5 Å². The van der Waals surface area contributed by atoms with Gasteiger partial charge < -0.3 is 5.32 Å². The minimum Gasteiger partial charge on any atom is -0.309 e. The molecule has 0 bridgehead atoms. The summed E-state index contributed by atoms with van der Waals surface area (Å²) in [5.41, 5.74) is 1.77. The quantitative estimate of drug-likeness (QED) is 0.879. The van der Waals surface area contributed by atoms with E-state index in [2.05, 4.69) is 10.3 Å². The lowest BCUT2D eigenvalue weighted by atomic mass is 10.2. The van der Waals surface area contributed by atoms with E-state index in [9.17, 15) is 8.78 Å². The van der Waals surface area contributed by atoms with Crippen LogP contribution in [-0.2, 0) is 13.1 Å². The lowest BCUT2D eigenvalue weighted by Gasteiger charge is -2.04. The zero-order chi connectivity index (χ0) is 12.1. The molecule has 0 radical (unpaired) electrons. The Kier molecular flexibility index (Phi) is 3.77. The molecular weight excluding hydrogens is 222 g/mol. The second-order valence-electron chi connectivity index (χ2n) is 3.74. The third-order valence-corrected chi connectivity index (χ3v) is 2.33. The van der Waals surface area contributed by atoms with Crippen LogP contribution in [0, 0.1) is 11.6 Å². The largest absolute Gasteiger partial charge is 0.309 e. The highest BCUT2D eigenvalue weighted by Gasteiger charge is 1.97. The van der Waals surface area contributed by atoms with Gasteiger partial charge in [0.05, 0.1) is 6.20 Å². The van der Waals surface area contributed by atoms with Gasteiger partial charge in [0.1, 0.15) is 11.6 Å². The second-order valence-corrected chi connectivity index (χ2v) is 3.74. The van der Waals surface area contributed by atoms with Crippen molar-refractivity contribution >= 4 is 0 Å². The molecule has 1 N–H and O–H groups in total. The Morgan fingerprint density at radius 2 is 1.59 bits per heavy atom. The SMILES string of the molecule is Fc1ccc(CNCc2cncc(F)c2)cc1. The number of halogens is 2. The normalized spacial score (nSPS) is 10.5. The van der Waals surface area contributed by atoms with Gasteiger partial charge in [0.15, 0.2) is 0 Å². The number of nitrogens with zero attached hydrogens (tertiary/aromatic N) is 1. The summed E-state index contributed by atoms with van der Waals surface area (Å²) in [7, 11) is 0. The number of hydrogen-bond donors (Lipinski definition) is 1. The molecule has 1 heterocycles. The highest BCUT2D eigenvalue weighted by molar-refractivity contribution is 5.16. The maximum atomic E-state index is 12.8. The van der Waals surface area contributed by atoms with Gasteiger partial charge in [0.25, 0.3) is 0 Å². The van der Waals surface area contributed by atoms with Gasteiger partial charge in [-0.3, -0.25) is 4.98 Å². The van der Waals surface area contributed by atoms with Crippen molar-refractivity contribution in [3.8, 4) is 0 Å². The van der Waals surface area contributed by atoms with Crippen LogP contribution >= 0.6 is 0 Å². The average molecular weight is 234 g/mol. The molecule has 0 aliphatic heterocycles. The van der Waals surface area contributed by atoms with Crippen LogP contribution in [0.5, 0.6) is 0 Å². The van der Waals surface area contributed by atoms with Gasteiger partial charge in [0, 0.05) is 19.3 Å². The van der Waals surface area contributed by atoms with E-state index in [1.54, 1.807) is 18.3 Å². The van der Waals surface area contributed by atoms with Gasteiger partial charge in [-0.1, -0.05) is 12.1 Å². The first kappa shape index (κ1) is 11.7.